The maximum absolute atomic E-state index is 12.3. The van der Waals surface area contributed by atoms with Crippen molar-refractivity contribution < 1.29 is 4.79 Å². The predicted octanol–water partition coefficient (Wildman–Crippen LogP) is 1.59. The summed E-state index contributed by atoms with van der Waals surface area (Å²) in [6.45, 7) is 1.84. The molecule has 5 nitrogen and oxygen atoms in total. The number of fused-ring (bicyclic) bond motifs is 2. The molecule has 1 aliphatic carbocycles. The van der Waals surface area contributed by atoms with E-state index in [1.807, 2.05) is 0 Å². The molecule has 2 aromatic rings. The van der Waals surface area contributed by atoms with Crippen LogP contribution in [-0.4, -0.2) is 24.0 Å². The number of carbonyl (C=O) groups excluding carboxylic acids is 1. The van der Waals surface area contributed by atoms with E-state index in [0.29, 0.717) is 27.9 Å². The van der Waals surface area contributed by atoms with Crippen LogP contribution in [0.2, 0.25) is 5.02 Å². The fourth-order valence-corrected chi connectivity index (χ4v) is 3.54. The van der Waals surface area contributed by atoms with E-state index in [4.69, 9.17) is 11.6 Å². The van der Waals surface area contributed by atoms with Crippen molar-refractivity contribution in [2.24, 2.45) is 17.8 Å². The predicted molar refractivity (Wildman–Crippen MR) is 81.5 cm³/mol. The number of piperidine rings is 1. The van der Waals surface area contributed by atoms with Crippen LogP contribution in [0.5, 0.6) is 0 Å². The lowest BCUT2D eigenvalue weighted by Crippen LogP contribution is -2.23. The molecule has 0 unspecified atom stereocenters. The zero-order chi connectivity index (χ0) is 14.6. The van der Waals surface area contributed by atoms with Gasteiger partial charge in [-0.3, -0.25) is 9.59 Å². The number of pyridine rings is 1. The van der Waals surface area contributed by atoms with E-state index in [9.17, 15) is 9.59 Å². The van der Waals surface area contributed by atoms with E-state index in [1.54, 1.807) is 24.4 Å². The zero-order valence-electron chi connectivity index (χ0n) is 11.2. The summed E-state index contributed by atoms with van der Waals surface area (Å²) in [7, 11) is 0. The lowest BCUT2D eigenvalue weighted by Gasteiger charge is -2.10. The first-order valence-corrected chi connectivity index (χ1v) is 7.35. The molecular weight excluding hydrogens is 290 g/mol. The topological polar surface area (TPSA) is 74.0 Å². The minimum Gasteiger partial charge on any atom is -0.329 e. The fourth-order valence-electron chi connectivity index (χ4n) is 3.33. The molecule has 0 spiro atoms. The second-order valence-electron chi connectivity index (χ2n) is 5.73. The van der Waals surface area contributed by atoms with E-state index in [1.165, 1.54) is 0 Å². The van der Waals surface area contributed by atoms with E-state index >= 15 is 0 Å². The van der Waals surface area contributed by atoms with Gasteiger partial charge in [0, 0.05) is 17.5 Å². The molecule has 2 heterocycles. The van der Waals surface area contributed by atoms with Crippen LogP contribution >= 0.6 is 11.6 Å². The van der Waals surface area contributed by atoms with Gasteiger partial charge in [-0.25, -0.2) is 0 Å². The number of amides is 1. The molecule has 0 bridgehead atoms. The van der Waals surface area contributed by atoms with Crippen LogP contribution < -0.4 is 16.2 Å². The number of hydrogen-bond donors (Lipinski definition) is 3. The Labute approximate surface area is 125 Å². The van der Waals surface area contributed by atoms with Gasteiger partial charge in [0.05, 0.1) is 10.7 Å². The first-order chi connectivity index (χ1) is 10.1. The molecule has 1 aromatic carbocycles. The first kappa shape index (κ1) is 12.9. The Hall–Kier alpha value is -1.85. The Morgan fingerprint density at radius 2 is 2.05 bits per heavy atom. The van der Waals surface area contributed by atoms with E-state index in [0.717, 1.165) is 18.5 Å². The molecule has 108 valence electrons. The molecule has 2 fully saturated rings. The van der Waals surface area contributed by atoms with Gasteiger partial charge in [-0.2, -0.15) is 0 Å². The highest BCUT2D eigenvalue weighted by Gasteiger charge is 2.56. The Morgan fingerprint density at radius 1 is 1.29 bits per heavy atom. The number of anilines is 1. The third kappa shape index (κ3) is 2.04. The molecule has 21 heavy (non-hydrogen) atoms. The van der Waals surface area contributed by atoms with Gasteiger partial charge in [-0.05, 0) is 48.5 Å². The minimum atomic E-state index is -0.185. The Balaban J connectivity index is 1.63. The third-order valence-electron chi connectivity index (χ3n) is 4.51. The van der Waals surface area contributed by atoms with Gasteiger partial charge in [0.25, 0.3) is 5.56 Å². The lowest BCUT2D eigenvalue weighted by atomic mass is 10.1. The van der Waals surface area contributed by atoms with Gasteiger partial charge in [0.15, 0.2) is 0 Å². The van der Waals surface area contributed by atoms with Crippen molar-refractivity contribution in [3.05, 3.63) is 39.8 Å². The summed E-state index contributed by atoms with van der Waals surface area (Å²) in [5.41, 5.74) is 0.382. The average Bonchev–Trinajstić information content (AvgIpc) is 2.94. The number of nitrogens with one attached hydrogen (secondary N) is 3. The molecule has 4 rings (SSSR count). The first-order valence-electron chi connectivity index (χ1n) is 6.97. The quantitative estimate of drug-likeness (QED) is 0.788. The highest BCUT2D eigenvalue weighted by molar-refractivity contribution is 6.34. The Kier molecular flexibility index (Phi) is 2.80. The van der Waals surface area contributed by atoms with Crippen molar-refractivity contribution in [2.75, 3.05) is 18.4 Å². The number of hydrogen-bond acceptors (Lipinski definition) is 3. The fraction of sp³-hybridized carbons (Fsp3) is 0.333. The van der Waals surface area contributed by atoms with E-state index in [2.05, 4.69) is 15.6 Å². The molecule has 3 N–H and O–H groups in total. The van der Waals surface area contributed by atoms with Gasteiger partial charge in [0.1, 0.15) is 0 Å². The Morgan fingerprint density at radius 3 is 2.81 bits per heavy atom. The molecule has 3 atom stereocenters. The smallest absolute Gasteiger partial charge is 0.255 e. The van der Waals surface area contributed by atoms with Gasteiger partial charge in [-0.1, -0.05) is 11.6 Å². The molecule has 0 radical (unpaired) electrons. The number of benzene rings is 1. The van der Waals surface area contributed by atoms with Crippen molar-refractivity contribution in [3.63, 3.8) is 0 Å². The van der Waals surface area contributed by atoms with Crippen LogP contribution in [0.25, 0.3) is 10.8 Å². The van der Waals surface area contributed by atoms with E-state index < -0.39 is 0 Å². The Bertz CT molecular complexity index is 791. The number of aromatic amines is 1. The molecule has 6 heteroatoms. The van der Waals surface area contributed by atoms with E-state index in [-0.39, 0.29) is 17.4 Å². The molecule has 1 amide bonds. The molecule has 1 saturated carbocycles. The van der Waals surface area contributed by atoms with Gasteiger partial charge in [-0.15, -0.1) is 0 Å². The van der Waals surface area contributed by atoms with Gasteiger partial charge >= 0.3 is 0 Å². The molecule has 1 aromatic heterocycles. The van der Waals surface area contributed by atoms with Crippen molar-refractivity contribution in [3.8, 4) is 0 Å². The summed E-state index contributed by atoms with van der Waals surface area (Å²) in [5.74, 6) is 1.05. The molecule has 1 saturated heterocycles. The van der Waals surface area contributed by atoms with Crippen LogP contribution in [0.15, 0.2) is 29.2 Å². The zero-order valence-corrected chi connectivity index (χ0v) is 11.9. The lowest BCUT2D eigenvalue weighted by molar-refractivity contribution is -0.118. The third-order valence-corrected chi connectivity index (χ3v) is 4.83. The standard InChI is InChI=1S/C15H14ClN3O2/c16-11-4-8-7(1-2-18-14(8)20)3-12(11)19-15(21)13-9-5-17-6-10(9)13/h1-4,9-10,13,17H,5-6H2,(H,18,20)(H,19,21)/t9-,10+,13-. The highest BCUT2D eigenvalue weighted by Crippen LogP contribution is 2.49. The summed E-state index contributed by atoms with van der Waals surface area (Å²) in [5, 5.41) is 7.84. The maximum Gasteiger partial charge on any atom is 0.255 e. The van der Waals surface area contributed by atoms with Crippen molar-refractivity contribution in [1.29, 1.82) is 0 Å². The van der Waals surface area contributed by atoms with Crippen molar-refractivity contribution >= 4 is 34.0 Å². The van der Waals surface area contributed by atoms with Crippen molar-refractivity contribution in [1.82, 2.24) is 10.3 Å². The maximum atomic E-state index is 12.3. The minimum absolute atomic E-state index is 0.0255. The SMILES string of the molecule is O=C(Nc1cc2cc[nH]c(=O)c2cc1Cl)[C@@H]1[C@@H]2CNC[C@@H]21. The summed E-state index contributed by atoms with van der Waals surface area (Å²) in [6.07, 6.45) is 1.58. The van der Waals surface area contributed by atoms with Crippen LogP contribution in [0.3, 0.4) is 0 Å². The van der Waals surface area contributed by atoms with Crippen molar-refractivity contribution in [2.45, 2.75) is 0 Å². The number of rotatable bonds is 2. The van der Waals surface area contributed by atoms with Gasteiger partial charge in [0.2, 0.25) is 5.91 Å². The largest absolute Gasteiger partial charge is 0.329 e. The average molecular weight is 304 g/mol. The summed E-state index contributed by atoms with van der Waals surface area (Å²) in [6, 6.07) is 5.14. The molecular formula is C15H14ClN3O2. The highest BCUT2D eigenvalue weighted by atomic mass is 35.5. The van der Waals surface area contributed by atoms with Crippen LogP contribution in [0.4, 0.5) is 5.69 Å². The number of halogens is 1. The number of H-pyrrole nitrogens is 1. The summed E-state index contributed by atoms with van der Waals surface area (Å²) < 4.78 is 0. The molecule has 2 aliphatic rings. The monoisotopic (exact) mass is 303 g/mol. The summed E-state index contributed by atoms with van der Waals surface area (Å²) in [4.78, 5) is 26.6. The van der Waals surface area contributed by atoms with Gasteiger partial charge < -0.3 is 15.6 Å². The van der Waals surface area contributed by atoms with Crippen LogP contribution in [-0.2, 0) is 4.79 Å². The van der Waals surface area contributed by atoms with Crippen LogP contribution in [0.1, 0.15) is 0 Å². The second-order valence-corrected chi connectivity index (χ2v) is 6.13. The summed E-state index contributed by atoms with van der Waals surface area (Å²) >= 11 is 6.19. The number of aromatic nitrogens is 1. The van der Waals surface area contributed by atoms with Crippen LogP contribution in [0, 0.1) is 17.8 Å². The molecule has 1 aliphatic heterocycles. The second kappa shape index (κ2) is 4.58. The number of carbonyl (C=O) groups is 1. The normalized spacial score (nSPS) is 26.6.